The van der Waals surface area contributed by atoms with Gasteiger partial charge in [-0.15, -0.1) is 0 Å². The van der Waals surface area contributed by atoms with Gasteiger partial charge in [0.25, 0.3) is 0 Å². The van der Waals surface area contributed by atoms with Crippen molar-refractivity contribution in [1.29, 1.82) is 0 Å². The molecule has 5 nitrogen and oxygen atoms in total. The normalized spacial score (nSPS) is 11.3. The van der Waals surface area contributed by atoms with E-state index in [-0.39, 0.29) is 5.02 Å². The lowest BCUT2D eigenvalue weighted by Gasteiger charge is -2.11. The van der Waals surface area contributed by atoms with Crippen LogP contribution in [-0.4, -0.2) is 24.1 Å². The van der Waals surface area contributed by atoms with Gasteiger partial charge in [-0.2, -0.15) is 0 Å². The van der Waals surface area contributed by atoms with Crippen LogP contribution in [0.4, 0.5) is 4.39 Å². The summed E-state index contributed by atoms with van der Waals surface area (Å²) >= 11 is 8.39. The van der Waals surface area contributed by atoms with E-state index >= 15 is 0 Å². The Morgan fingerprint density at radius 1 is 0.968 bits per heavy atom. The van der Waals surface area contributed by atoms with Crippen molar-refractivity contribution < 1.29 is 4.39 Å². The molecule has 0 unspecified atom stereocenters. The number of rotatable bonds is 5. The molecule has 154 valence electrons. The van der Waals surface area contributed by atoms with Gasteiger partial charge in [0.1, 0.15) is 11.6 Å². The molecule has 8 heteroatoms. The highest BCUT2D eigenvalue weighted by Gasteiger charge is 2.16. The van der Waals surface area contributed by atoms with E-state index in [9.17, 15) is 4.39 Å². The SMILES string of the molecule is Fc1cc2nc(-c3cncc(Cn4ccnc4)c3)n(Cc3ccc(I)cc3)c2cc1Cl. The van der Waals surface area contributed by atoms with E-state index in [1.54, 1.807) is 24.8 Å². The standard InChI is InChI=1S/C23H16ClFIN5/c24-19-8-22-21(9-20(19)25)29-23(31(22)13-15-1-3-18(26)4-2-15)17-7-16(10-28-11-17)12-30-6-5-27-14-30/h1-11,14H,12-13H2. The fraction of sp³-hybridized carbons (Fsp3) is 0.0870. The summed E-state index contributed by atoms with van der Waals surface area (Å²) in [4.78, 5) is 13.2. The molecule has 0 aliphatic heterocycles. The summed E-state index contributed by atoms with van der Waals surface area (Å²) in [6, 6.07) is 13.4. The molecule has 0 fully saturated rings. The predicted octanol–water partition coefficient (Wildman–Crippen LogP) is 5.79. The van der Waals surface area contributed by atoms with E-state index in [2.05, 4.69) is 67.5 Å². The van der Waals surface area contributed by atoms with Crippen molar-refractivity contribution in [2.24, 2.45) is 0 Å². The third kappa shape index (κ3) is 4.20. The summed E-state index contributed by atoms with van der Waals surface area (Å²) in [6.07, 6.45) is 9.02. The first-order valence-corrected chi connectivity index (χ1v) is 11.0. The van der Waals surface area contributed by atoms with Gasteiger partial charge < -0.3 is 9.13 Å². The molecular formula is C23H16ClFIN5. The maximum absolute atomic E-state index is 14.1. The van der Waals surface area contributed by atoms with Crippen LogP contribution in [0.2, 0.25) is 5.02 Å². The van der Waals surface area contributed by atoms with Crippen LogP contribution < -0.4 is 0 Å². The minimum atomic E-state index is -0.480. The summed E-state index contributed by atoms with van der Waals surface area (Å²) in [5, 5.41) is 0.0785. The average Bonchev–Trinajstić information content (AvgIpc) is 3.39. The maximum atomic E-state index is 14.1. The maximum Gasteiger partial charge on any atom is 0.144 e. The Labute approximate surface area is 196 Å². The summed E-state index contributed by atoms with van der Waals surface area (Å²) in [7, 11) is 0. The number of hydrogen-bond donors (Lipinski definition) is 0. The second-order valence-corrected chi connectivity index (χ2v) is 8.87. The van der Waals surface area contributed by atoms with Gasteiger partial charge >= 0.3 is 0 Å². The summed E-state index contributed by atoms with van der Waals surface area (Å²) in [5.74, 6) is 0.238. The molecule has 2 aromatic carbocycles. The van der Waals surface area contributed by atoms with Crippen molar-refractivity contribution in [3.63, 3.8) is 0 Å². The van der Waals surface area contributed by atoms with Gasteiger partial charge in [-0.05, 0) is 58.0 Å². The fourth-order valence-electron chi connectivity index (χ4n) is 3.56. The first-order chi connectivity index (χ1) is 15.1. The van der Waals surface area contributed by atoms with Crippen LogP contribution in [-0.2, 0) is 13.1 Å². The van der Waals surface area contributed by atoms with Gasteiger partial charge in [-0.1, -0.05) is 23.7 Å². The van der Waals surface area contributed by atoms with Crippen molar-refractivity contribution in [3.05, 3.63) is 99.1 Å². The zero-order valence-electron chi connectivity index (χ0n) is 16.2. The average molecular weight is 544 g/mol. The number of halogens is 3. The molecule has 3 heterocycles. The van der Waals surface area contributed by atoms with E-state index < -0.39 is 5.82 Å². The van der Waals surface area contributed by atoms with Crippen LogP contribution in [0.1, 0.15) is 11.1 Å². The number of pyridine rings is 1. The lowest BCUT2D eigenvalue weighted by Crippen LogP contribution is -2.04. The van der Waals surface area contributed by atoms with Crippen molar-refractivity contribution in [3.8, 4) is 11.4 Å². The van der Waals surface area contributed by atoms with E-state index in [1.807, 2.05) is 17.0 Å². The molecule has 0 atom stereocenters. The molecule has 0 aliphatic rings. The lowest BCUT2D eigenvalue weighted by atomic mass is 10.1. The van der Waals surface area contributed by atoms with Gasteiger partial charge in [0.05, 0.1) is 28.9 Å². The fourth-order valence-corrected chi connectivity index (χ4v) is 4.08. The molecule has 5 aromatic rings. The van der Waals surface area contributed by atoms with Crippen molar-refractivity contribution >= 4 is 45.2 Å². The lowest BCUT2D eigenvalue weighted by molar-refractivity contribution is 0.629. The molecule has 31 heavy (non-hydrogen) atoms. The summed E-state index contributed by atoms with van der Waals surface area (Å²) in [5.41, 5.74) is 4.33. The Morgan fingerprint density at radius 2 is 1.81 bits per heavy atom. The second kappa shape index (κ2) is 8.39. The van der Waals surface area contributed by atoms with Gasteiger partial charge in [-0.3, -0.25) is 4.98 Å². The Balaban J connectivity index is 1.63. The van der Waals surface area contributed by atoms with Crippen LogP contribution in [0, 0.1) is 9.39 Å². The van der Waals surface area contributed by atoms with Crippen LogP contribution in [0.5, 0.6) is 0 Å². The number of aromatic nitrogens is 5. The van der Waals surface area contributed by atoms with Crippen molar-refractivity contribution in [1.82, 2.24) is 24.1 Å². The summed E-state index contributed by atoms with van der Waals surface area (Å²) < 4.78 is 19.3. The number of nitrogens with zero attached hydrogens (tertiary/aromatic N) is 5. The predicted molar refractivity (Wildman–Crippen MR) is 128 cm³/mol. The molecule has 0 amide bonds. The van der Waals surface area contributed by atoms with Crippen LogP contribution in [0.3, 0.4) is 0 Å². The first-order valence-electron chi connectivity index (χ1n) is 9.56. The highest BCUT2D eigenvalue weighted by atomic mass is 127. The van der Waals surface area contributed by atoms with E-state index in [1.165, 1.54) is 9.64 Å². The van der Waals surface area contributed by atoms with Crippen LogP contribution in [0.15, 0.2) is 73.6 Å². The molecule has 0 saturated heterocycles. The second-order valence-electron chi connectivity index (χ2n) is 7.22. The quantitative estimate of drug-likeness (QED) is 0.264. The van der Waals surface area contributed by atoms with E-state index in [0.717, 1.165) is 28.0 Å². The molecule has 0 aliphatic carbocycles. The minimum Gasteiger partial charge on any atom is -0.333 e. The Morgan fingerprint density at radius 3 is 2.58 bits per heavy atom. The third-order valence-corrected chi connectivity index (χ3v) is 6.03. The van der Waals surface area contributed by atoms with Gasteiger partial charge in [-0.25, -0.2) is 14.4 Å². The van der Waals surface area contributed by atoms with Crippen molar-refractivity contribution in [2.45, 2.75) is 13.1 Å². The Hall–Kier alpha value is -2.78. The zero-order valence-corrected chi connectivity index (χ0v) is 19.1. The minimum absolute atomic E-state index is 0.0785. The number of hydrogen-bond acceptors (Lipinski definition) is 3. The first kappa shape index (κ1) is 20.1. The molecule has 0 N–H and O–H groups in total. The molecular weight excluding hydrogens is 528 g/mol. The molecule has 0 bridgehead atoms. The Kier molecular flexibility index (Phi) is 5.45. The largest absolute Gasteiger partial charge is 0.333 e. The Bertz CT molecular complexity index is 1360. The van der Waals surface area contributed by atoms with Crippen LogP contribution >= 0.6 is 34.2 Å². The molecule has 0 spiro atoms. The smallest absolute Gasteiger partial charge is 0.144 e. The third-order valence-electron chi connectivity index (χ3n) is 5.02. The number of fused-ring (bicyclic) bond motifs is 1. The topological polar surface area (TPSA) is 48.5 Å². The molecule has 5 rings (SSSR count). The van der Waals surface area contributed by atoms with Gasteiger partial charge in [0.2, 0.25) is 0 Å². The van der Waals surface area contributed by atoms with E-state index in [0.29, 0.717) is 18.6 Å². The van der Waals surface area contributed by atoms with Crippen molar-refractivity contribution in [2.75, 3.05) is 0 Å². The highest BCUT2D eigenvalue weighted by Crippen LogP contribution is 2.29. The highest BCUT2D eigenvalue weighted by molar-refractivity contribution is 14.1. The summed E-state index contributed by atoms with van der Waals surface area (Å²) in [6.45, 7) is 1.23. The van der Waals surface area contributed by atoms with Gasteiger partial charge in [0.15, 0.2) is 0 Å². The monoisotopic (exact) mass is 543 g/mol. The molecule has 0 radical (unpaired) electrons. The number of imidazole rings is 2. The van der Waals surface area contributed by atoms with Gasteiger partial charge in [0, 0.05) is 46.5 Å². The van der Waals surface area contributed by atoms with E-state index in [4.69, 9.17) is 16.6 Å². The molecule has 0 saturated carbocycles. The number of benzene rings is 2. The van der Waals surface area contributed by atoms with Crippen LogP contribution in [0.25, 0.3) is 22.4 Å². The zero-order chi connectivity index (χ0) is 21.4. The molecule has 3 aromatic heterocycles.